The monoisotopic (exact) mass is 189 g/mol. The van der Waals surface area contributed by atoms with E-state index in [1.165, 1.54) is 0 Å². The van der Waals surface area contributed by atoms with Gasteiger partial charge < -0.3 is 16.0 Å². The van der Waals surface area contributed by atoms with E-state index >= 15 is 0 Å². The minimum absolute atomic E-state index is 0.405. The lowest BCUT2D eigenvalue weighted by atomic mass is 10.3. The van der Waals surface area contributed by atoms with Gasteiger partial charge in [-0.25, -0.2) is 9.97 Å². The van der Waals surface area contributed by atoms with Crippen molar-refractivity contribution in [3.05, 3.63) is 30.4 Å². The van der Waals surface area contributed by atoms with Crippen molar-refractivity contribution in [2.24, 2.45) is 0 Å². The van der Waals surface area contributed by atoms with Crippen LogP contribution in [0.3, 0.4) is 0 Å². The number of nitrogens with zero attached hydrogens (tertiary/aromatic N) is 3. The Labute approximate surface area is 81.4 Å². The number of nitrogen functional groups attached to an aromatic ring is 2. The minimum Gasteiger partial charge on any atom is -0.384 e. The number of anilines is 2. The van der Waals surface area contributed by atoms with Crippen LogP contribution in [0.25, 0.3) is 5.69 Å². The molecule has 0 aromatic carbocycles. The van der Waals surface area contributed by atoms with Crippen molar-refractivity contribution in [3.8, 4) is 5.69 Å². The number of aromatic nitrogens is 3. The number of aryl methyl sites for hydroxylation is 1. The van der Waals surface area contributed by atoms with Gasteiger partial charge in [0.05, 0.1) is 17.7 Å². The van der Waals surface area contributed by atoms with Crippen LogP contribution < -0.4 is 11.5 Å². The number of imidazole rings is 1. The molecule has 0 aliphatic carbocycles. The van der Waals surface area contributed by atoms with E-state index in [2.05, 4.69) is 9.97 Å². The summed E-state index contributed by atoms with van der Waals surface area (Å²) in [4.78, 5) is 8.07. The van der Waals surface area contributed by atoms with Crippen LogP contribution in [0.15, 0.2) is 24.7 Å². The van der Waals surface area contributed by atoms with Crippen LogP contribution in [0.1, 0.15) is 5.69 Å². The smallest absolute Gasteiger partial charge is 0.150 e. The van der Waals surface area contributed by atoms with E-state index in [0.29, 0.717) is 11.6 Å². The summed E-state index contributed by atoms with van der Waals surface area (Å²) < 4.78 is 1.82. The molecule has 0 amide bonds. The van der Waals surface area contributed by atoms with E-state index in [1.54, 1.807) is 12.4 Å². The first kappa shape index (κ1) is 8.55. The van der Waals surface area contributed by atoms with Gasteiger partial charge in [-0.3, -0.25) is 0 Å². The third-order valence-corrected chi connectivity index (χ3v) is 1.91. The molecule has 5 heteroatoms. The molecule has 2 heterocycles. The highest BCUT2D eigenvalue weighted by molar-refractivity contribution is 5.56. The van der Waals surface area contributed by atoms with Crippen LogP contribution in [-0.2, 0) is 0 Å². The summed E-state index contributed by atoms with van der Waals surface area (Å²) >= 11 is 0. The SMILES string of the molecule is Cc1cn(-c2ccc(N)nc2N)cn1. The zero-order valence-corrected chi connectivity index (χ0v) is 7.81. The van der Waals surface area contributed by atoms with Crippen molar-refractivity contribution in [1.29, 1.82) is 0 Å². The van der Waals surface area contributed by atoms with E-state index in [9.17, 15) is 0 Å². The largest absolute Gasteiger partial charge is 0.384 e. The maximum absolute atomic E-state index is 5.72. The molecule has 0 saturated heterocycles. The molecule has 5 nitrogen and oxygen atoms in total. The van der Waals surface area contributed by atoms with Gasteiger partial charge in [0.1, 0.15) is 11.6 Å². The van der Waals surface area contributed by atoms with Crippen molar-refractivity contribution < 1.29 is 0 Å². The average molecular weight is 189 g/mol. The number of nitrogens with two attached hydrogens (primary N) is 2. The van der Waals surface area contributed by atoms with E-state index in [0.717, 1.165) is 11.4 Å². The molecule has 2 rings (SSSR count). The molecule has 72 valence electrons. The zero-order valence-electron chi connectivity index (χ0n) is 7.81. The van der Waals surface area contributed by atoms with Gasteiger partial charge >= 0.3 is 0 Å². The summed E-state index contributed by atoms with van der Waals surface area (Å²) in [7, 11) is 0. The third-order valence-electron chi connectivity index (χ3n) is 1.91. The van der Waals surface area contributed by atoms with Crippen molar-refractivity contribution in [3.63, 3.8) is 0 Å². The molecule has 0 saturated carbocycles. The lowest BCUT2D eigenvalue weighted by Gasteiger charge is -2.05. The predicted octanol–water partition coefficient (Wildman–Crippen LogP) is 0.740. The average Bonchev–Trinajstić information content (AvgIpc) is 2.51. The molecule has 4 N–H and O–H groups in total. The number of rotatable bonds is 1. The fraction of sp³-hybridized carbons (Fsp3) is 0.111. The lowest BCUT2D eigenvalue weighted by molar-refractivity contribution is 1.05. The summed E-state index contributed by atoms with van der Waals surface area (Å²) in [5, 5.41) is 0. The predicted molar refractivity (Wildman–Crippen MR) is 54.9 cm³/mol. The Morgan fingerprint density at radius 3 is 2.64 bits per heavy atom. The van der Waals surface area contributed by atoms with Crippen molar-refractivity contribution in [2.75, 3.05) is 11.5 Å². The van der Waals surface area contributed by atoms with Crippen LogP contribution in [0, 0.1) is 6.92 Å². The topological polar surface area (TPSA) is 82.8 Å². The zero-order chi connectivity index (χ0) is 10.1. The first-order valence-electron chi connectivity index (χ1n) is 4.20. The molecule has 0 unspecified atom stereocenters. The highest BCUT2D eigenvalue weighted by Crippen LogP contribution is 2.16. The van der Waals surface area contributed by atoms with Gasteiger partial charge in [0.2, 0.25) is 0 Å². The van der Waals surface area contributed by atoms with Crippen LogP contribution in [0.4, 0.5) is 11.6 Å². The summed E-state index contributed by atoms with van der Waals surface area (Å²) in [6, 6.07) is 3.53. The molecule has 0 radical (unpaired) electrons. The van der Waals surface area contributed by atoms with Gasteiger partial charge in [-0.05, 0) is 19.1 Å². The molecule has 0 bridgehead atoms. The second kappa shape index (κ2) is 3.02. The van der Waals surface area contributed by atoms with Crippen molar-refractivity contribution >= 4 is 11.6 Å². The Hall–Kier alpha value is -2.04. The van der Waals surface area contributed by atoms with E-state index in [1.807, 2.05) is 23.8 Å². The summed E-state index contributed by atoms with van der Waals surface area (Å²) in [5.74, 6) is 0.825. The molecule has 2 aromatic heterocycles. The molecule has 14 heavy (non-hydrogen) atoms. The molecule has 0 aliphatic rings. The lowest BCUT2D eigenvalue weighted by Crippen LogP contribution is -2.02. The van der Waals surface area contributed by atoms with Gasteiger partial charge in [0, 0.05) is 6.20 Å². The van der Waals surface area contributed by atoms with E-state index < -0.39 is 0 Å². The Balaban J connectivity index is 2.52. The summed E-state index contributed by atoms with van der Waals surface area (Å²) in [6.07, 6.45) is 3.57. The Morgan fingerprint density at radius 2 is 2.07 bits per heavy atom. The fourth-order valence-electron chi connectivity index (χ4n) is 1.25. The fourth-order valence-corrected chi connectivity index (χ4v) is 1.25. The highest BCUT2D eigenvalue weighted by atomic mass is 15.1. The quantitative estimate of drug-likeness (QED) is 0.693. The first-order valence-corrected chi connectivity index (χ1v) is 4.20. The van der Waals surface area contributed by atoms with Gasteiger partial charge in [-0.15, -0.1) is 0 Å². The maximum Gasteiger partial charge on any atom is 0.150 e. The highest BCUT2D eigenvalue weighted by Gasteiger charge is 2.03. The Kier molecular flexibility index (Phi) is 1.85. The molecular weight excluding hydrogens is 178 g/mol. The standard InChI is InChI=1S/C9H11N5/c1-6-4-14(5-12-6)7-2-3-8(10)13-9(7)11/h2-5H,1H3,(H4,10,11,13). The summed E-state index contributed by atoms with van der Waals surface area (Å²) in [6.45, 7) is 1.91. The molecule has 2 aromatic rings. The van der Waals surface area contributed by atoms with E-state index in [-0.39, 0.29) is 0 Å². The minimum atomic E-state index is 0.405. The van der Waals surface area contributed by atoms with Crippen LogP contribution in [-0.4, -0.2) is 14.5 Å². The maximum atomic E-state index is 5.72. The second-order valence-electron chi connectivity index (χ2n) is 3.06. The van der Waals surface area contributed by atoms with Gasteiger partial charge in [0.15, 0.2) is 0 Å². The molecule has 0 spiro atoms. The van der Waals surface area contributed by atoms with Gasteiger partial charge in [0.25, 0.3) is 0 Å². The van der Waals surface area contributed by atoms with Crippen LogP contribution in [0.2, 0.25) is 0 Å². The first-order chi connectivity index (χ1) is 6.66. The second-order valence-corrected chi connectivity index (χ2v) is 3.06. The molecule has 0 aliphatic heterocycles. The van der Waals surface area contributed by atoms with Crippen LogP contribution >= 0.6 is 0 Å². The van der Waals surface area contributed by atoms with Gasteiger partial charge in [-0.1, -0.05) is 0 Å². The van der Waals surface area contributed by atoms with Crippen molar-refractivity contribution in [2.45, 2.75) is 6.92 Å². The number of hydrogen-bond acceptors (Lipinski definition) is 4. The third kappa shape index (κ3) is 1.39. The number of hydrogen-bond donors (Lipinski definition) is 2. The Bertz CT molecular complexity index is 460. The molecular formula is C9H11N5. The van der Waals surface area contributed by atoms with E-state index in [4.69, 9.17) is 11.5 Å². The molecule has 0 atom stereocenters. The van der Waals surface area contributed by atoms with Gasteiger partial charge in [-0.2, -0.15) is 0 Å². The molecule has 0 fully saturated rings. The Morgan fingerprint density at radius 1 is 1.29 bits per heavy atom. The van der Waals surface area contributed by atoms with Crippen LogP contribution in [0.5, 0.6) is 0 Å². The number of pyridine rings is 1. The normalized spacial score (nSPS) is 10.4. The summed E-state index contributed by atoms with van der Waals surface area (Å²) in [5.41, 5.74) is 12.9. The van der Waals surface area contributed by atoms with Crippen molar-refractivity contribution in [1.82, 2.24) is 14.5 Å².